The van der Waals surface area contributed by atoms with Crippen LogP contribution in [0.15, 0.2) is 52.5 Å². The molecule has 3 rings (SSSR count). The van der Waals surface area contributed by atoms with Gasteiger partial charge in [-0.3, -0.25) is 4.79 Å². The highest BCUT2D eigenvalue weighted by molar-refractivity contribution is 7.89. The maximum atomic E-state index is 12.6. The summed E-state index contributed by atoms with van der Waals surface area (Å²) in [4.78, 5) is 12.2. The van der Waals surface area contributed by atoms with Gasteiger partial charge in [0.2, 0.25) is 15.9 Å². The van der Waals surface area contributed by atoms with Crippen molar-refractivity contribution in [3.63, 3.8) is 0 Å². The topological polar surface area (TPSA) is 129 Å². The third kappa shape index (κ3) is 5.56. The van der Waals surface area contributed by atoms with Crippen LogP contribution in [0.1, 0.15) is 17.5 Å². The molecule has 1 aliphatic rings. The summed E-state index contributed by atoms with van der Waals surface area (Å²) in [6.07, 6.45) is 1.86. The number of benzene rings is 2. The predicted molar refractivity (Wildman–Crippen MR) is 110 cm³/mol. The van der Waals surface area contributed by atoms with Crippen LogP contribution in [0.3, 0.4) is 0 Å². The average Bonchev–Trinajstić information content (AvgIpc) is 2.75. The number of phenols is 2. The van der Waals surface area contributed by atoms with E-state index in [1.807, 2.05) is 0 Å². The number of rotatable bonds is 7. The Balaban J connectivity index is 1.50. The van der Waals surface area contributed by atoms with Crippen molar-refractivity contribution in [3.8, 4) is 11.5 Å². The maximum Gasteiger partial charge on any atom is 0.243 e. The Hall–Kier alpha value is -2.95. The normalized spacial score (nSPS) is 15.3. The second-order valence-corrected chi connectivity index (χ2v) is 8.63. The lowest BCUT2D eigenvalue weighted by Crippen LogP contribution is -2.40. The van der Waals surface area contributed by atoms with Crippen LogP contribution in [0.2, 0.25) is 0 Å². The first-order chi connectivity index (χ1) is 14.4. The third-order valence-corrected chi connectivity index (χ3v) is 6.49. The molecule has 1 aliphatic heterocycles. The van der Waals surface area contributed by atoms with Crippen molar-refractivity contribution in [2.75, 3.05) is 26.3 Å². The summed E-state index contributed by atoms with van der Waals surface area (Å²) in [6, 6.07) is 10.5. The molecule has 160 valence electrons. The zero-order valence-corrected chi connectivity index (χ0v) is 17.0. The molecule has 0 aromatic heterocycles. The minimum Gasteiger partial charge on any atom is -0.508 e. The van der Waals surface area contributed by atoms with E-state index in [1.54, 1.807) is 24.3 Å². The lowest BCUT2D eigenvalue weighted by molar-refractivity contribution is -0.121. The number of amides is 1. The molecule has 0 spiro atoms. The molecular weight excluding hydrogens is 410 g/mol. The van der Waals surface area contributed by atoms with Crippen LogP contribution in [0, 0.1) is 0 Å². The predicted octanol–water partition coefficient (Wildman–Crippen LogP) is 1.20. The van der Waals surface area contributed by atoms with E-state index in [4.69, 9.17) is 4.74 Å². The van der Waals surface area contributed by atoms with Crippen molar-refractivity contribution in [1.82, 2.24) is 9.73 Å². The Morgan fingerprint density at radius 2 is 1.83 bits per heavy atom. The van der Waals surface area contributed by atoms with Gasteiger partial charge in [0.15, 0.2) is 0 Å². The molecule has 0 saturated carbocycles. The molecule has 3 N–H and O–H groups in total. The van der Waals surface area contributed by atoms with Gasteiger partial charge >= 0.3 is 0 Å². The zero-order valence-electron chi connectivity index (χ0n) is 16.2. The molecule has 0 unspecified atom stereocenters. The van der Waals surface area contributed by atoms with Crippen LogP contribution in [-0.2, 0) is 26.0 Å². The lowest BCUT2D eigenvalue weighted by atomic mass is 10.1. The number of aromatic hydroxyl groups is 2. The van der Waals surface area contributed by atoms with E-state index in [2.05, 4.69) is 10.5 Å². The molecule has 10 heteroatoms. The molecule has 0 aliphatic carbocycles. The molecule has 1 saturated heterocycles. The monoisotopic (exact) mass is 433 g/mol. The average molecular weight is 433 g/mol. The quantitative estimate of drug-likeness (QED) is 0.445. The minimum absolute atomic E-state index is 0.0718. The van der Waals surface area contributed by atoms with Gasteiger partial charge in [0.1, 0.15) is 11.5 Å². The van der Waals surface area contributed by atoms with E-state index in [0.29, 0.717) is 38.3 Å². The van der Waals surface area contributed by atoms with Crippen molar-refractivity contribution in [2.45, 2.75) is 17.7 Å². The summed E-state index contributed by atoms with van der Waals surface area (Å²) in [7, 11) is -3.54. The van der Waals surface area contributed by atoms with E-state index in [9.17, 15) is 23.4 Å². The number of ether oxygens (including phenoxy) is 1. The number of nitrogens with one attached hydrogen (secondary N) is 1. The first-order valence-electron chi connectivity index (χ1n) is 9.37. The van der Waals surface area contributed by atoms with Gasteiger partial charge in [-0.25, -0.2) is 13.8 Å². The van der Waals surface area contributed by atoms with Gasteiger partial charge in [-0.1, -0.05) is 12.1 Å². The van der Waals surface area contributed by atoms with Crippen molar-refractivity contribution in [3.05, 3.63) is 53.6 Å². The van der Waals surface area contributed by atoms with Crippen LogP contribution in [0.25, 0.3) is 0 Å². The Morgan fingerprint density at radius 3 is 2.50 bits per heavy atom. The standard InChI is InChI=1S/C20H23N3O6S/c24-17-5-4-16(19(25)13-17)14-21-22-20(26)8-3-15-1-6-18(7-2-15)30(27,28)23-9-11-29-12-10-23/h1-2,4-7,13-14,24-25H,3,8-12H2,(H,22,26)/b21-14+. The number of hydrogen-bond acceptors (Lipinski definition) is 7. The van der Waals surface area contributed by atoms with Crippen LogP contribution in [0.5, 0.6) is 11.5 Å². The highest BCUT2D eigenvalue weighted by atomic mass is 32.2. The van der Waals surface area contributed by atoms with Crippen molar-refractivity contribution < 1.29 is 28.2 Å². The van der Waals surface area contributed by atoms with E-state index in [-0.39, 0.29) is 28.7 Å². The Bertz CT molecular complexity index is 1020. The van der Waals surface area contributed by atoms with E-state index < -0.39 is 10.0 Å². The summed E-state index contributed by atoms with van der Waals surface area (Å²) in [5.41, 5.74) is 3.54. The molecule has 1 heterocycles. The van der Waals surface area contributed by atoms with Gasteiger partial charge in [-0.05, 0) is 36.2 Å². The summed E-state index contributed by atoms with van der Waals surface area (Å²) >= 11 is 0. The fraction of sp³-hybridized carbons (Fsp3) is 0.300. The number of hydrazone groups is 1. The van der Waals surface area contributed by atoms with Gasteiger partial charge in [-0.15, -0.1) is 0 Å². The number of phenolic OH excluding ortho intramolecular Hbond substituents is 2. The molecule has 0 bridgehead atoms. The van der Waals surface area contributed by atoms with Crippen LogP contribution < -0.4 is 5.43 Å². The minimum atomic E-state index is -3.54. The van der Waals surface area contributed by atoms with E-state index >= 15 is 0 Å². The number of sulfonamides is 1. The van der Waals surface area contributed by atoms with Gasteiger partial charge < -0.3 is 14.9 Å². The molecule has 0 atom stereocenters. The molecule has 1 fully saturated rings. The van der Waals surface area contributed by atoms with Crippen molar-refractivity contribution >= 4 is 22.1 Å². The molecule has 0 radical (unpaired) electrons. The van der Waals surface area contributed by atoms with E-state index in [1.165, 1.54) is 28.7 Å². The molecular formula is C20H23N3O6S. The molecule has 2 aromatic carbocycles. The second kappa shape index (κ2) is 9.70. The van der Waals surface area contributed by atoms with Gasteiger partial charge in [-0.2, -0.15) is 9.41 Å². The maximum absolute atomic E-state index is 12.6. The molecule has 30 heavy (non-hydrogen) atoms. The Morgan fingerprint density at radius 1 is 1.13 bits per heavy atom. The van der Waals surface area contributed by atoms with E-state index in [0.717, 1.165) is 5.56 Å². The molecule has 1 amide bonds. The van der Waals surface area contributed by atoms with Crippen LogP contribution in [-0.4, -0.2) is 61.4 Å². The number of hydrogen-bond donors (Lipinski definition) is 3. The second-order valence-electron chi connectivity index (χ2n) is 6.70. The first-order valence-corrected chi connectivity index (χ1v) is 10.8. The number of aryl methyl sites for hydroxylation is 1. The lowest BCUT2D eigenvalue weighted by Gasteiger charge is -2.26. The Kier molecular flexibility index (Phi) is 7.03. The van der Waals surface area contributed by atoms with Crippen molar-refractivity contribution in [2.24, 2.45) is 5.10 Å². The smallest absolute Gasteiger partial charge is 0.243 e. The molecule has 2 aromatic rings. The summed E-state index contributed by atoms with van der Waals surface area (Å²) in [5, 5.41) is 22.7. The first kappa shape index (κ1) is 21.8. The summed E-state index contributed by atoms with van der Waals surface area (Å²) in [6.45, 7) is 1.46. The summed E-state index contributed by atoms with van der Waals surface area (Å²) < 4.78 is 31.8. The largest absolute Gasteiger partial charge is 0.508 e. The number of nitrogens with zero attached hydrogens (tertiary/aromatic N) is 2. The fourth-order valence-corrected chi connectivity index (χ4v) is 4.30. The van der Waals surface area contributed by atoms with Gasteiger partial charge in [0.25, 0.3) is 0 Å². The third-order valence-electron chi connectivity index (χ3n) is 4.58. The van der Waals surface area contributed by atoms with Gasteiger partial charge in [0, 0.05) is 31.1 Å². The number of morpholine rings is 1. The Labute approximate surface area is 174 Å². The highest BCUT2D eigenvalue weighted by Crippen LogP contribution is 2.21. The van der Waals surface area contributed by atoms with Crippen molar-refractivity contribution in [1.29, 1.82) is 0 Å². The fourth-order valence-electron chi connectivity index (χ4n) is 2.89. The zero-order chi connectivity index (χ0) is 21.6. The van der Waals surface area contributed by atoms with Crippen LogP contribution >= 0.6 is 0 Å². The number of carbonyl (C=O) groups is 1. The number of carbonyl (C=O) groups excluding carboxylic acids is 1. The SMILES string of the molecule is O=C(CCc1ccc(S(=O)(=O)N2CCOCC2)cc1)N/N=C/c1ccc(O)cc1O. The van der Waals surface area contributed by atoms with Crippen LogP contribution in [0.4, 0.5) is 0 Å². The highest BCUT2D eigenvalue weighted by Gasteiger charge is 2.26. The van der Waals surface area contributed by atoms with Gasteiger partial charge in [0.05, 0.1) is 24.3 Å². The summed E-state index contributed by atoms with van der Waals surface area (Å²) in [5.74, 6) is -0.549. The molecule has 9 nitrogen and oxygen atoms in total.